The lowest BCUT2D eigenvalue weighted by molar-refractivity contribution is 0.114. The highest BCUT2D eigenvalue weighted by Gasteiger charge is 2.04. The van der Waals surface area contributed by atoms with Crippen molar-refractivity contribution in [3.63, 3.8) is 0 Å². The van der Waals surface area contributed by atoms with Crippen LogP contribution in [0.5, 0.6) is 0 Å². The highest BCUT2D eigenvalue weighted by Crippen LogP contribution is 2.17. The Morgan fingerprint density at radius 3 is 2.17 bits per heavy atom. The Bertz CT molecular complexity index is 276. The first-order valence-electron chi connectivity index (χ1n) is 6.28. The maximum absolute atomic E-state index is 9.65. The van der Waals surface area contributed by atoms with Crippen LogP contribution in [0.25, 0.3) is 0 Å². The standard InChI is InChI=1S/C11H16O.C3H8O2S/c1-2-3-9-11(12)10-7-5-4-6-8-10;4-1-3(5)2-6/h4-8,11-12H,2-3,9H2,1H3;3-6H,1-2H2. The molecule has 0 bridgehead atoms. The average molecular weight is 272 g/mol. The zero-order valence-corrected chi connectivity index (χ0v) is 11.8. The molecule has 1 aromatic carbocycles. The van der Waals surface area contributed by atoms with Crippen LogP contribution in [0.15, 0.2) is 30.3 Å². The molecule has 104 valence electrons. The number of unbranched alkanes of at least 4 members (excludes halogenated alkanes) is 1. The van der Waals surface area contributed by atoms with E-state index in [1.165, 1.54) is 0 Å². The second-order valence-electron chi connectivity index (χ2n) is 4.09. The lowest BCUT2D eigenvalue weighted by Gasteiger charge is -2.09. The van der Waals surface area contributed by atoms with Crippen LogP contribution in [0, 0.1) is 0 Å². The molecule has 0 heterocycles. The molecule has 0 aliphatic carbocycles. The van der Waals surface area contributed by atoms with Crippen LogP contribution in [-0.2, 0) is 0 Å². The summed E-state index contributed by atoms with van der Waals surface area (Å²) < 4.78 is 0. The van der Waals surface area contributed by atoms with Crippen LogP contribution in [0.2, 0.25) is 0 Å². The van der Waals surface area contributed by atoms with E-state index < -0.39 is 6.10 Å². The van der Waals surface area contributed by atoms with E-state index in [2.05, 4.69) is 19.6 Å². The molecule has 2 atom stereocenters. The van der Waals surface area contributed by atoms with Gasteiger partial charge in [0.2, 0.25) is 0 Å². The second-order valence-corrected chi connectivity index (χ2v) is 4.45. The zero-order valence-electron chi connectivity index (χ0n) is 10.9. The van der Waals surface area contributed by atoms with Gasteiger partial charge in [-0.15, -0.1) is 0 Å². The molecule has 3 nitrogen and oxygen atoms in total. The predicted molar refractivity (Wildman–Crippen MR) is 77.9 cm³/mol. The van der Waals surface area contributed by atoms with E-state index in [-0.39, 0.29) is 12.7 Å². The summed E-state index contributed by atoms with van der Waals surface area (Å²) in [5.41, 5.74) is 1.03. The zero-order chi connectivity index (χ0) is 13.8. The molecular formula is C14H24O3S. The first-order chi connectivity index (χ1) is 8.65. The van der Waals surface area contributed by atoms with E-state index in [0.29, 0.717) is 5.75 Å². The normalized spacial score (nSPS) is 13.4. The van der Waals surface area contributed by atoms with Gasteiger partial charge in [0, 0.05) is 5.75 Å². The van der Waals surface area contributed by atoms with Crippen LogP contribution in [0.3, 0.4) is 0 Å². The molecular weight excluding hydrogens is 248 g/mol. The van der Waals surface area contributed by atoms with Crippen molar-refractivity contribution in [3.05, 3.63) is 35.9 Å². The molecule has 0 aromatic heterocycles. The molecule has 0 saturated heterocycles. The molecule has 3 N–H and O–H groups in total. The first-order valence-corrected chi connectivity index (χ1v) is 6.91. The van der Waals surface area contributed by atoms with Crippen molar-refractivity contribution in [1.29, 1.82) is 0 Å². The van der Waals surface area contributed by atoms with Gasteiger partial charge in [0.1, 0.15) is 0 Å². The van der Waals surface area contributed by atoms with Crippen molar-refractivity contribution in [2.24, 2.45) is 0 Å². The van der Waals surface area contributed by atoms with Gasteiger partial charge in [0.25, 0.3) is 0 Å². The maximum atomic E-state index is 9.65. The predicted octanol–water partition coefficient (Wildman–Crippen LogP) is 2.18. The second kappa shape index (κ2) is 11.5. The highest BCUT2D eigenvalue weighted by atomic mass is 32.1. The smallest absolute Gasteiger partial charge is 0.0858 e. The molecule has 0 spiro atoms. The van der Waals surface area contributed by atoms with Crippen LogP contribution >= 0.6 is 12.6 Å². The minimum Gasteiger partial charge on any atom is -0.394 e. The van der Waals surface area contributed by atoms with Crippen molar-refractivity contribution in [1.82, 2.24) is 0 Å². The lowest BCUT2D eigenvalue weighted by Crippen LogP contribution is -2.12. The molecule has 0 radical (unpaired) electrons. The molecule has 1 aromatic rings. The summed E-state index contributed by atoms with van der Waals surface area (Å²) in [6.45, 7) is 1.95. The molecule has 0 amide bonds. The fourth-order valence-electron chi connectivity index (χ4n) is 1.30. The van der Waals surface area contributed by atoms with E-state index in [4.69, 9.17) is 10.2 Å². The fraction of sp³-hybridized carbons (Fsp3) is 0.571. The van der Waals surface area contributed by atoms with E-state index in [1.54, 1.807) is 0 Å². The Kier molecular flexibility index (Phi) is 11.2. The minimum atomic E-state index is -0.645. The Balaban J connectivity index is 0.000000411. The minimum absolute atomic E-state index is 0.191. The summed E-state index contributed by atoms with van der Waals surface area (Å²) in [6, 6.07) is 9.84. The number of thiol groups is 1. The molecule has 0 fully saturated rings. The van der Waals surface area contributed by atoms with Crippen molar-refractivity contribution in [2.45, 2.75) is 38.4 Å². The molecule has 18 heavy (non-hydrogen) atoms. The van der Waals surface area contributed by atoms with E-state index in [0.717, 1.165) is 24.8 Å². The average Bonchev–Trinajstić information content (AvgIpc) is 2.45. The first kappa shape index (κ1) is 17.4. The third-order valence-corrected chi connectivity index (χ3v) is 2.86. The Morgan fingerprint density at radius 2 is 1.78 bits per heavy atom. The number of aliphatic hydroxyl groups is 3. The Hall–Kier alpha value is -0.550. The number of rotatable bonds is 6. The van der Waals surface area contributed by atoms with Crippen LogP contribution in [-0.4, -0.2) is 33.8 Å². The summed E-state index contributed by atoms with van der Waals surface area (Å²) in [7, 11) is 0. The largest absolute Gasteiger partial charge is 0.394 e. The van der Waals surface area contributed by atoms with E-state index in [9.17, 15) is 5.11 Å². The van der Waals surface area contributed by atoms with E-state index >= 15 is 0 Å². The van der Waals surface area contributed by atoms with Crippen molar-refractivity contribution < 1.29 is 15.3 Å². The third kappa shape index (κ3) is 8.53. The summed E-state index contributed by atoms with van der Waals surface area (Å²) >= 11 is 3.69. The number of hydrogen-bond donors (Lipinski definition) is 4. The molecule has 2 unspecified atom stereocenters. The molecule has 0 saturated carbocycles. The lowest BCUT2D eigenvalue weighted by atomic mass is 10.0. The van der Waals surface area contributed by atoms with Gasteiger partial charge in [-0.3, -0.25) is 0 Å². The summed E-state index contributed by atoms with van der Waals surface area (Å²) in [5.74, 6) is 0.330. The number of benzene rings is 1. The Labute approximate surface area is 115 Å². The molecule has 4 heteroatoms. The summed E-state index contributed by atoms with van der Waals surface area (Å²) in [6.07, 6.45) is 2.19. The van der Waals surface area contributed by atoms with Gasteiger partial charge in [-0.25, -0.2) is 0 Å². The van der Waals surface area contributed by atoms with Gasteiger partial charge in [-0.1, -0.05) is 50.1 Å². The van der Waals surface area contributed by atoms with Crippen LogP contribution in [0.4, 0.5) is 0 Å². The van der Waals surface area contributed by atoms with E-state index in [1.807, 2.05) is 30.3 Å². The molecule has 1 rings (SSSR count). The number of aliphatic hydroxyl groups excluding tert-OH is 3. The van der Waals surface area contributed by atoms with Gasteiger partial charge in [0.15, 0.2) is 0 Å². The van der Waals surface area contributed by atoms with Crippen molar-refractivity contribution in [2.75, 3.05) is 12.4 Å². The topological polar surface area (TPSA) is 60.7 Å². The molecule has 0 aliphatic rings. The monoisotopic (exact) mass is 272 g/mol. The summed E-state index contributed by atoms with van der Waals surface area (Å²) in [4.78, 5) is 0. The SMILES string of the molecule is CCCCC(O)c1ccccc1.OCC(O)CS. The number of hydrogen-bond acceptors (Lipinski definition) is 4. The van der Waals surface area contributed by atoms with Gasteiger partial charge in [-0.2, -0.15) is 12.6 Å². The molecule has 0 aliphatic heterocycles. The van der Waals surface area contributed by atoms with Crippen LogP contribution < -0.4 is 0 Å². The third-order valence-electron chi connectivity index (χ3n) is 2.44. The van der Waals surface area contributed by atoms with Crippen molar-refractivity contribution in [3.8, 4) is 0 Å². The highest BCUT2D eigenvalue weighted by molar-refractivity contribution is 7.80. The van der Waals surface area contributed by atoms with Gasteiger partial charge < -0.3 is 15.3 Å². The van der Waals surface area contributed by atoms with Gasteiger partial charge in [0.05, 0.1) is 18.8 Å². The Morgan fingerprint density at radius 1 is 1.17 bits per heavy atom. The fourth-order valence-corrected chi connectivity index (χ4v) is 1.41. The quantitative estimate of drug-likeness (QED) is 0.600. The van der Waals surface area contributed by atoms with Gasteiger partial charge in [-0.05, 0) is 12.0 Å². The van der Waals surface area contributed by atoms with Crippen molar-refractivity contribution >= 4 is 12.6 Å². The van der Waals surface area contributed by atoms with Crippen LogP contribution in [0.1, 0.15) is 37.9 Å². The summed E-state index contributed by atoms with van der Waals surface area (Å²) in [5, 5.41) is 26.0. The maximum Gasteiger partial charge on any atom is 0.0858 e. The van der Waals surface area contributed by atoms with Gasteiger partial charge >= 0.3 is 0 Å².